The van der Waals surface area contributed by atoms with E-state index in [-0.39, 0.29) is 40.0 Å². The van der Waals surface area contributed by atoms with Gasteiger partial charge < -0.3 is 19.8 Å². The van der Waals surface area contributed by atoms with Gasteiger partial charge in [0, 0.05) is 49.9 Å². The number of rotatable bonds is 4. The minimum Gasteiger partial charge on any atom is -0.507 e. The molecule has 2 aliphatic heterocycles. The van der Waals surface area contributed by atoms with E-state index in [0.29, 0.717) is 47.8 Å². The summed E-state index contributed by atoms with van der Waals surface area (Å²) >= 11 is 7.11. The first kappa shape index (κ1) is 30.6. The molecule has 234 valence electrons. The number of carbonyl (C=O) groups is 1. The second-order valence-corrected chi connectivity index (χ2v) is 12.5. The molecule has 8 nitrogen and oxygen atoms in total. The van der Waals surface area contributed by atoms with Crippen molar-refractivity contribution < 1.29 is 18.7 Å². The van der Waals surface area contributed by atoms with E-state index < -0.39 is 28.5 Å². The Morgan fingerprint density at radius 1 is 1.11 bits per heavy atom. The number of likely N-dealkylation sites (N-methyl/N-ethyl adjacent to an activating group) is 1. The zero-order chi connectivity index (χ0) is 32.5. The van der Waals surface area contributed by atoms with Crippen molar-refractivity contribution in [2.45, 2.75) is 45.7 Å². The summed E-state index contributed by atoms with van der Waals surface area (Å²) in [5.41, 5.74) is 1.75. The molecule has 1 saturated heterocycles. The number of anilines is 2. The molecule has 4 heterocycles. The van der Waals surface area contributed by atoms with Crippen LogP contribution >= 0.6 is 11.6 Å². The molecule has 4 aromatic rings. The third kappa shape index (κ3) is 4.65. The molecule has 2 aromatic carbocycles. The third-order valence-electron chi connectivity index (χ3n) is 8.92. The number of aromatic nitrogens is 2. The Morgan fingerprint density at radius 2 is 1.84 bits per heavy atom. The number of phenolic OH excluding ortho intramolecular Hbond substituents is 1. The Bertz CT molecular complexity index is 1940. The number of aryl methyl sites for hydroxylation is 1. The van der Waals surface area contributed by atoms with Gasteiger partial charge in [-0.3, -0.25) is 19.1 Å². The van der Waals surface area contributed by atoms with Gasteiger partial charge in [-0.2, -0.15) is 0 Å². The Hall–Kier alpha value is -4.44. The molecule has 1 N–H and O–H groups in total. The predicted molar refractivity (Wildman–Crippen MR) is 174 cm³/mol. The van der Waals surface area contributed by atoms with Gasteiger partial charge in [-0.25, -0.2) is 8.78 Å². The van der Waals surface area contributed by atoms with Crippen molar-refractivity contribution in [2.24, 2.45) is 0 Å². The molecule has 1 fully saturated rings. The normalized spacial score (nSPS) is 17.9. The number of phenols is 1. The summed E-state index contributed by atoms with van der Waals surface area (Å²) in [5, 5.41) is 10.8. The van der Waals surface area contributed by atoms with E-state index in [0.717, 1.165) is 11.6 Å². The van der Waals surface area contributed by atoms with Crippen LogP contribution in [0.2, 0.25) is 5.02 Å². The lowest BCUT2D eigenvalue weighted by Gasteiger charge is -2.51. The number of piperazine rings is 1. The number of amides is 1. The van der Waals surface area contributed by atoms with E-state index in [2.05, 4.69) is 16.5 Å². The second-order valence-electron chi connectivity index (χ2n) is 12.2. The highest BCUT2D eigenvalue weighted by atomic mass is 35.5. The van der Waals surface area contributed by atoms with E-state index in [1.54, 1.807) is 24.2 Å². The summed E-state index contributed by atoms with van der Waals surface area (Å²) < 4.78 is 33.1. The maximum absolute atomic E-state index is 16.4. The van der Waals surface area contributed by atoms with E-state index in [1.807, 2.05) is 32.6 Å². The largest absolute Gasteiger partial charge is 0.507 e. The van der Waals surface area contributed by atoms with E-state index in [9.17, 15) is 14.7 Å². The van der Waals surface area contributed by atoms with Crippen LogP contribution in [0.1, 0.15) is 37.9 Å². The first-order valence-electron chi connectivity index (χ1n) is 14.8. The molecule has 6 rings (SSSR count). The standard InChI is InChI=1S/C34H34ClF2N5O3/c1-7-25(44)40-16-20-15-39(6)33-32(41(20)14-19(40)5)21-13-23(37)27(26-22(36)9-8-10-24(26)43)28(35)31(21)42(34(33)45)30-18(4)11-12-38-29(30)17(2)3/h7-13,17,19-20,43H,1,14-16H2,2-6H3. The van der Waals surface area contributed by atoms with Crippen molar-refractivity contribution in [3.63, 3.8) is 0 Å². The highest BCUT2D eigenvalue weighted by Gasteiger charge is 2.42. The zero-order valence-electron chi connectivity index (χ0n) is 25.7. The van der Waals surface area contributed by atoms with Crippen LogP contribution in [0.25, 0.3) is 27.7 Å². The maximum atomic E-state index is 16.4. The maximum Gasteiger partial charge on any atom is 0.281 e. The number of benzene rings is 2. The Labute approximate surface area is 264 Å². The minimum absolute atomic E-state index is 0.0920. The van der Waals surface area contributed by atoms with Crippen molar-refractivity contribution in [1.82, 2.24) is 14.5 Å². The molecule has 2 unspecified atom stereocenters. The molecule has 45 heavy (non-hydrogen) atoms. The third-order valence-corrected chi connectivity index (χ3v) is 9.29. The second kappa shape index (κ2) is 11.2. The molecule has 0 radical (unpaired) electrons. The highest BCUT2D eigenvalue weighted by Crippen LogP contribution is 2.48. The molecule has 0 saturated carbocycles. The van der Waals surface area contributed by atoms with Gasteiger partial charge in [0.25, 0.3) is 5.56 Å². The first-order valence-corrected chi connectivity index (χ1v) is 15.2. The number of fused-ring (bicyclic) bond motifs is 5. The van der Waals surface area contributed by atoms with Crippen molar-refractivity contribution >= 4 is 39.8 Å². The SMILES string of the molecule is C=CC(=O)N1CC2CN(C)c3c(c4cc(F)c(-c5c(O)cccc5F)c(Cl)c4n(-c4c(C)ccnc4C(C)C)c3=O)N2CC1C. The quantitative estimate of drug-likeness (QED) is 0.271. The van der Waals surface area contributed by atoms with Crippen LogP contribution in [0, 0.1) is 18.6 Å². The molecular formula is C34H34ClF2N5O3. The van der Waals surface area contributed by atoms with Crippen LogP contribution in [-0.2, 0) is 4.79 Å². The van der Waals surface area contributed by atoms with Gasteiger partial charge in [0.15, 0.2) is 0 Å². The van der Waals surface area contributed by atoms with Gasteiger partial charge in [0.1, 0.15) is 23.1 Å². The number of carbonyl (C=O) groups excluding carboxylic acids is 1. The van der Waals surface area contributed by atoms with Crippen LogP contribution in [0.15, 0.2) is 54.0 Å². The minimum atomic E-state index is -0.862. The lowest BCUT2D eigenvalue weighted by atomic mass is 9.95. The fourth-order valence-corrected chi connectivity index (χ4v) is 7.24. The summed E-state index contributed by atoms with van der Waals surface area (Å²) in [4.78, 5) is 37.8. The Kier molecular flexibility index (Phi) is 7.59. The van der Waals surface area contributed by atoms with Gasteiger partial charge in [-0.15, -0.1) is 0 Å². The van der Waals surface area contributed by atoms with Gasteiger partial charge in [-0.05, 0) is 55.7 Å². The van der Waals surface area contributed by atoms with Gasteiger partial charge in [0.05, 0.1) is 39.2 Å². The fraction of sp³-hybridized carbons (Fsp3) is 0.324. The monoisotopic (exact) mass is 633 g/mol. The molecular weight excluding hydrogens is 600 g/mol. The van der Waals surface area contributed by atoms with Crippen molar-refractivity contribution in [3.05, 3.63) is 87.5 Å². The number of aromatic hydroxyl groups is 1. The predicted octanol–water partition coefficient (Wildman–Crippen LogP) is 6.16. The lowest BCUT2D eigenvalue weighted by Crippen LogP contribution is -2.64. The van der Waals surface area contributed by atoms with Crippen LogP contribution in [0.3, 0.4) is 0 Å². The number of hydrogen-bond acceptors (Lipinski definition) is 6. The number of pyridine rings is 2. The van der Waals surface area contributed by atoms with E-state index >= 15 is 8.78 Å². The van der Waals surface area contributed by atoms with Crippen LogP contribution in [0.4, 0.5) is 20.2 Å². The first-order chi connectivity index (χ1) is 21.4. The summed E-state index contributed by atoms with van der Waals surface area (Å²) in [7, 11) is 1.80. The Morgan fingerprint density at radius 3 is 2.51 bits per heavy atom. The molecule has 11 heteroatoms. The average Bonchev–Trinajstić information content (AvgIpc) is 2.98. The number of hydrogen-bond donors (Lipinski definition) is 1. The summed E-state index contributed by atoms with van der Waals surface area (Å²) in [6.45, 7) is 12.5. The highest BCUT2D eigenvalue weighted by molar-refractivity contribution is 6.38. The van der Waals surface area contributed by atoms with Gasteiger partial charge >= 0.3 is 0 Å². The van der Waals surface area contributed by atoms with E-state index in [4.69, 9.17) is 11.6 Å². The molecule has 2 aromatic heterocycles. The molecule has 2 atom stereocenters. The van der Waals surface area contributed by atoms with Crippen molar-refractivity contribution in [3.8, 4) is 22.6 Å². The van der Waals surface area contributed by atoms with Gasteiger partial charge in [-0.1, -0.05) is 38.1 Å². The van der Waals surface area contributed by atoms with Crippen molar-refractivity contribution in [1.29, 1.82) is 0 Å². The molecule has 0 bridgehead atoms. The van der Waals surface area contributed by atoms with Gasteiger partial charge in [0.2, 0.25) is 5.91 Å². The number of halogens is 3. The van der Waals surface area contributed by atoms with Crippen molar-refractivity contribution in [2.75, 3.05) is 36.5 Å². The van der Waals surface area contributed by atoms with Crippen LogP contribution in [-0.4, -0.2) is 64.2 Å². The summed E-state index contributed by atoms with van der Waals surface area (Å²) in [6.07, 6.45) is 2.96. The smallest absolute Gasteiger partial charge is 0.281 e. The Balaban J connectivity index is 1.77. The topological polar surface area (TPSA) is 81.9 Å². The van der Waals surface area contributed by atoms with Crippen LogP contribution < -0.4 is 15.4 Å². The average molecular weight is 634 g/mol. The molecule has 0 spiro atoms. The van der Waals surface area contributed by atoms with Crippen LogP contribution in [0.5, 0.6) is 5.75 Å². The number of nitrogens with zero attached hydrogens (tertiary/aromatic N) is 5. The summed E-state index contributed by atoms with van der Waals surface area (Å²) in [6, 6.07) is 6.29. The molecule has 0 aliphatic carbocycles. The lowest BCUT2D eigenvalue weighted by molar-refractivity contribution is -0.128. The van der Waals surface area contributed by atoms with E-state index in [1.165, 1.54) is 28.8 Å². The fourth-order valence-electron chi connectivity index (χ4n) is 6.87. The molecule has 2 aliphatic rings. The zero-order valence-corrected chi connectivity index (χ0v) is 26.5. The summed E-state index contributed by atoms with van der Waals surface area (Å²) in [5.74, 6) is -2.48. The molecule has 1 amide bonds.